The van der Waals surface area contributed by atoms with Crippen LogP contribution in [0.4, 0.5) is 0 Å². The van der Waals surface area contributed by atoms with Gasteiger partial charge in [0.2, 0.25) is 0 Å². The van der Waals surface area contributed by atoms with E-state index in [1.165, 1.54) is 4.70 Å². The van der Waals surface area contributed by atoms with Crippen molar-refractivity contribution in [3.8, 4) is 0 Å². The van der Waals surface area contributed by atoms with E-state index in [9.17, 15) is 0 Å². The quantitative estimate of drug-likeness (QED) is 0.685. The van der Waals surface area contributed by atoms with Crippen molar-refractivity contribution in [3.05, 3.63) is 56.2 Å². The summed E-state index contributed by atoms with van der Waals surface area (Å²) in [6, 6.07) is 10.2. The minimum atomic E-state index is 0.712. The molecular formula is C14H11Br2N3S. The van der Waals surface area contributed by atoms with Gasteiger partial charge in [-0.1, -0.05) is 12.1 Å². The van der Waals surface area contributed by atoms with E-state index < -0.39 is 0 Å². The predicted octanol–water partition coefficient (Wildman–Crippen LogP) is 4.51. The number of fused-ring (bicyclic) bond motifs is 1. The average Bonchev–Trinajstić information content (AvgIpc) is 2.84. The summed E-state index contributed by atoms with van der Waals surface area (Å²) in [5.74, 6) is 0. The van der Waals surface area contributed by atoms with Gasteiger partial charge in [0.1, 0.15) is 5.01 Å². The molecule has 1 N–H and O–H groups in total. The summed E-state index contributed by atoms with van der Waals surface area (Å²) in [4.78, 5) is 8.98. The zero-order valence-electron chi connectivity index (χ0n) is 10.4. The van der Waals surface area contributed by atoms with Crippen LogP contribution in [0.3, 0.4) is 0 Å². The molecule has 0 fully saturated rings. The first-order chi connectivity index (χ1) is 9.72. The fourth-order valence-electron chi connectivity index (χ4n) is 1.86. The number of hydrogen-bond acceptors (Lipinski definition) is 4. The predicted molar refractivity (Wildman–Crippen MR) is 89.8 cm³/mol. The van der Waals surface area contributed by atoms with Crippen molar-refractivity contribution in [3.63, 3.8) is 0 Å². The third kappa shape index (κ3) is 3.25. The monoisotopic (exact) mass is 411 g/mol. The molecule has 1 aromatic carbocycles. The van der Waals surface area contributed by atoms with Crippen LogP contribution in [0.1, 0.15) is 10.7 Å². The molecule has 102 valence electrons. The van der Waals surface area contributed by atoms with Gasteiger partial charge >= 0.3 is 0 Å². The molecule has 0 aliphatic rings. The smallest absolute Gasteiger partial charge is 0.108 e. The second kappa shape index (κ2) is 6.30. The first-order valence-electron chi connectivity index (χ1n) is 6.07. The van der Waals surface area contributed by atoms with Gasteiger partial charge in [0, 0.05) is 28.2 Å². The molecule has 0 atom stereocenters. The van der Waals surface area contributed by atoms with Crippen LogP contribution in [0.25, 0.3) is 10.2 Å². The molecule has 2 aromatic heterocycles. The minimum absolute atomic E-state index is 0.712. The third-order valence-corrected chi connectivity index (χ3v) is 4.95. The van der Waals surface area contributed by atoms with Crippen molar-refractivity contribution < 1.29 is 0 Å². The highest BCUT2D eigenvalue weighted by molar-refractivity contribution is 9.11. The van der Waals surface area contributed by atoms with Gasteiger partial charge < -0.3 is 5.32 Å². The maximum absolute atomic E-state index is 4.60. The molecule has 0 saturated heterocycles. The van der Waals surface area contributed by atoms with Crippen molar-refractivity contribution in [2.24, 2.45) is 0 Å². The summed E-state index contributed by atoms with van der Waals surface area (Å²) in [7, 11) is 0. The molecule has 0 unspecified atom stereocenters. The van der Waals surface area contributed by atoms with Crippen molar-refractivity contribution >= 4 is 53.4 Å². The zero-order valence-corrected chi connectivity index (χ0v) is 14.4. The van der Waals surface area contributed by atoms with E-state index in [0.29, 0.717) is 6.54 Å². The normalized spacial score (nSPS) is 11.1. The van der Waals surface area contributed by atoms with Crippen molar-refractivity contribution in [1.29, 1.82) is 0 Å². The summed E-state index contributed by atoms with van der Waals surface area (Å²) < 4.78 is 3.20. The number of benzene rings is 1. The van der Waals surface area contributed by atoms with Crippen LogP contribution in [0.5, 0.6) is 0 Å². The molecule has 0 aliphatic heterocycles. The SMILES string of the molecule is Brc1cnc(CNCc2nc3ccccc3s2)c(Br)c1. The van der Waals surface area contributed by atoms with Crippen molar-refractivity contribution in [2.45, 2.75) is 13.1 Å². The van der Waals surface area contributed by atoms with E-state index in [0.717, 1.165) is 31.7 Å². The highest BCUT2D eigenvalue weighted by Crippen LogP contribution is 2.22. The van der Waals surface area contributed by atoms with Crippen LogP contribution in [-0.2, 0) is 13.1 Å². The first kappa shape index (κ1) is 14.1. The van der Waals surface area contributed by atoms with Crippen LogP contribution >= 0.6 is 43.2 Å². The lowest BCUT2D eigenvalue weighted by atomic mass is 10.3. The molecule has 0 spiro atoms. The molecular weight excluding hydrogens is 402 g/mol. The molecule has 2 heterocycles. The summed E-state index contributed by atoms with van der Waals surface area (Å²) in [5, 5.41) is 4.48. The molecule has 3 aromatic rings. The molecule has 20 heavy (non-hydrogen) atoms. The van der Waals surface area contributed by atoms with Gasteiger partial charge in [-0.25, -0.2) is 4.98 Å². The molecule has 0 aliphatic carbocycles. The number of para-hydroxylation sites is 1. The number of hydrogen-bond donors (Lipinski definition) is 1. The van der Waals surface area contributed by atoms with Gasteiger partial charge in [-0.3, -0.25) is 4.98 Å². The summed E-state index contributed by atoms with van der Waals surface area (Å²) >= 11 is 8.64. The van der Waals surface area contributed by atoms with Gasteiger partial charge in [0.15, 0.2) is 0 Å². The van der Waals surface area contributed by atoms with Gasteiger partial charge in [0.05, 0.1) is 15.9 Å². The maximum Gasteiger partial charge on any atom is 0.108 e. The van der Waals surface area contributed by atoms with Crippen molar-refractivity contribution in [2.75, 3.05) is 0 Å². The Balaban J connectivity index is 1.64. The second-order valence-corrected chi connectivity index (χ2v) is 7.15. The first-order valence-corrected chi connectivity index (χ1v) is 8.48. The number of halogens is 2. The Hall–Kier alpha value is -0.820. The number of rotatable bonds is 4. The highest BCUT2D eigenvalue weighted by atomic mass is 79.9. The summed E-state index contributed by atoms with van der Waals surface area (Å²) in [6.45, 7) is 1.47. The molecule has 3 rings (SSSR count). The molecule has 0 radical (unpaired) electrons. The highest BCUT2D eigenvalue weighted by Gasteiger charge is 2.05. The van der Waals surface area contributed by atoms with Crippen LogP contribution in [0.15, 0.2) is 45.5 Å². The maximum atomic E-state index is 4.60. The molecule has 3 nitrogen and oxygen atoms in total. The second-order valence-electron chi connectivity index (χ2n) is 4.26. The van der Waals surface area contributed by atoms with Gasteiger partial charge in [0.25, 0.3) is 0 Å². The van der Waals surface area contributed by atoms with Gasteiger partial charge in [-0.05, 0) is 50.1 Å². The van der Waals surface area contributed by atoms with Gasteiger partial charge in [-0.15, -0.1) is 11.3 Å². The van der Waals surface area contributed by atoms with E-state index in [4.69, 9.17) is 0 Å². The Bertz CT molecular complexity index is 709. The van der Waals surface area contributed by atoms with Crippen LogP contribution in [0.2, 0.25) is 0 Å². The van der Waals surface area contributed by atoms with E-state index in [2.05, 4.69) is 53.2 Å². The van der Waals surface area contributed by atoms with E-state index >= 15 is 0 Å². The lowest BCUT2D eigenvalue weighted by Crippen LogP contribution is -2.13. The minimum Gasteiger partial charge on any atom is -0.305 e. The van der Waals surface area contributed by atoms with Crippen LogP contribution in [-0.4, -0.2) is 9.97 Å². The fourth-order valence-corrected chi connectivity index (χ4v) is 3.92. The number of aromatic nitrogens is 2. The standard InChI is InChI=1S/C14H11Br2N3S/c15-9-5-10(16)12(18-6-9)7-17-8-14-19-11-3-1-2-4-13(11)20-14/h1-6,17H,7-8H2. The van der Waals surface area contributed by atoms with Crippen LogP contribution in [0, 0.1) is 0 Å². The number of thiazole rings is 1. The average molecular weight is 413 g/mol. The fraction of sp³-hybridized carbons (Fsp3) is 0.143. The largest absolute Gasteiger partial charge is 0.305 e. The molecule has 0 amide bonds. The molecule has 6 heteroatoms. The molecule has 0 bridgehead atoms. The lowest BCUT2D eigenvalue weighted by Gasteiger charge is -2.04. The Morgan fingerprint density at radius 3 is 2.80 bits per heavy atom. The Kier molecular flexibility index (Phi) is 4.45. The van der Waals surface area contributed by atoms with E-state index in [1.807, 2.05) is 24.3 Å². The lowest BCUT2D eigenvalue weighted by molar-refractivity contribution is 0.675. The molecule has 0 saturated carbocycles. The number of nitrogens with one attached hydrogen (secondary N) is 1. The number of pyridine rings is 1. The van der Waals surface area contributed by atoms with E-state index in [-0.39, 0.29) is 0 Å². The Morgan fingerprint density at radius 1 is 1.15 bits per heavy atom. The number of nitrogens with zero attached hydrogens (tertiary/aromatic N) is 2. The third-order valence-electron chi connectivity index (χ3n) is 2.79. The summed E-state index contributed by atoms with van der Waals surface area (Å²) in [6.07, 6.45) is 1.81. The van der Waals surface area contributed by atoms with Crippen molar-refractivity contribution in [1.82, 2.24) is 15.3 Å². The summed E-state index contributed by atoms with van der Waals surface area (Å²) in [5.41, 5.74) is 2.06. The van der Waals surface area contributed by atoms with Crippen LogP contribution < -0.4 is 5.32 Å². The van der Waals surface area contributed by atoms with E-state index in [1.54, 1.807) is 17.5 Å². The topological polar surface area (TPSA) is 37.8 Å². The zero-order chi connectivity index (χ0) is 13.9. The Labute approximate surface area is 137 Å². The van der Waals surface area contributed by atoms with Gasteiger partial charge in [-0.2, -0.15) is 0 Å². The Morgan fingerprint density at radius 2 is 2.00 bits per heavy atom.